The van der Waals surface area contributed by atoms with Crippen LogP contribution in [-0.4, -0.2) is 25.0 Å². The van der Waals surface area contributed by atoms with Crippen LogP contribution in [0.25, 0.3) is 0 Å². The van der Waals surface area contributed by atoms with Crippen LogP contribution in [0.15, 0.2) is 11.6 Å². The summed E-state index contributed by atoms with van der Waals surface area (Å²) >= 11 is 0. The van der Waals surface area contributed by atoms with Crippen molar-refractivity contribution in [2.75, 3.05) is 13.1 Å². The van der Waals surface area contributed by atoms with Gasteiger partial charge in [0.15, 0.2) is 0 Å². The highest BCUT2D eigenvalue weighted by atomic mass is 16.1. The lowest BCUT2D eigenvalue weighted by molar-refractivity contribution is -0.121. The average molecular weight is 224 g/mol. The second-order valence-corrected chi connectivity index (χ2v) is 4.56. The Kier molecular flexibility index (Phi) is 6.16. The van der Waals surface area contributed by atoms with E-state index in [0.717, 1.165) is 25.9 Å². The van der Waals surface area contributed by atoms with Crippen molar-refractivity contribution in [2.45, 2.75) is 52.0 Å². The fourth-order valence-electron chi connectivity index (χ4n) is 1.50. The standard InChI is InChI=1S/C13H24N2O/c1-3-9-14-11(2)10-15-13(16)6-4-5-12-7-8-12/h5,11,14H,3-4,6-10H2,1-2H3,(H,15,16). The molecule has 0 spiro atoms. The summed E-state index contributed by atoms with van der Waals surface area (Å²) in [5.41, 5.74) is 1.52. The summed E-state index contributed by atoms with van der Waals surface area (Å²) < 4.78 is 0. The number of amides is 1. The lowest BCUT2D eigenvalue weighted by Gasteiger charge is -2.13. The molecule has 1 saturated carbocycles. The first-order valence-corrected chi connectivity index (χ1v) is 6.40. The van der Waals surface area contributed by atoms with E-state index in [1.54, 1.807) is 0 Å². The van der Waals surface area contributed by atoms with Gasteiger partial charge >= 0.3 is 0 Å². The molecule has 1 amide bonds. The van der Waals surface area contributed by atoms with Gasteiger partial charge in [-0.2, -0.15) is 0 Å². The quantitative estimate of drug-likeness (QED) is 0.619. The van der Waals surface area contributed by atoms with Crippen molar-refractivity contribution in [3.63, 3.8) is 0 Å². The lowest BCUT2D eigenvalue weighted by atomic mass is 10.2. The molecule has 1 fully saturated rings. The van der Waals surface area contributed by atoms with Crippen LogP contribution in [0.1, 0.15) is 46.0 Å². The van der Waals surface area contributed by atoms with Gasteiger partial charge in [-0.15, -0.1) is 0 Å². The number of hydrogen-bond donors (Lipinski definition) is 2. The second kappa shape index (κ2) is 7.44. The molecule has 92 valence electrons. The van der Waals surface area contributed by atoms with Crippen molar-refractivity contribution in [3.05, 3.63) is 11.6 Å². The van der Waals surface area contributed by atoms with Crippen molar-refractivity contribution < 1.29 is 4.79 Å². The summed E-state index contributed by atoms with van der Waals surface area (Å²) in [6.07, 6.45) is 7.37. The smallest absolute Gasteiger partial charge is 0.220 e. The number of rotatable bonds is 8. The number of hydrogen-bond acceptors (Lipinski definition) is 2. The van der Waals surface area contributed by atoms with Crippen molar-refractivity contribution in [1.82, 2.24) is 10.6 Å². The van der Waals surface area contributed by atoms with E-state index in [-0.39, 0.29) is 5.91 Å². The summed E-state index contributed by atoms with van der Waals surface area (Å²) in [4.78, 5) is 11.5. The van der Waals surface area contributed by atoms with E-state index in [0.29, 0.717) is 12.5 Å². The molecule has 2 N–H and O–H groups in total. The van der Waals surface area contributed by atoms with E-state index < -0.39 is 0 Å². The number of carbonyl (C=O) groups is 1. The topological polar surface area (TPSA) is 41.1 Å². The predicted octanol–water partition coefficient (Wildman–Crippen LogP) is 1.99. The van der Waals surface area contributed by atoms with Crippen molar-refractivity contribution in [1.29, 1.82) is 0 Å². The number of nitrogens with one attached hydrogen (secondary N) is 2. The zero-order chi connectivity index (χ0) is 11.8. The molecule has 1 aliphatic carbocycles. The van der Waals surface area contributed by atoms with Crippen LogP contribution in [-0.2, 0) is 4.79 Å². The summed E-state index contributed by atoms with van der Waals surface area (Å²) in [5, 5.41) is 6.30. The van der Waals surface area contributed by atoms with Crippen LogP contribution >= 0.6 is 0 Å². The fourth-order valence-corrected chi connectivity index (χ4v) is 1.50. The van der Waals surface area contributed by atoms with Crippen molar-refractivity contribution in [2.24, 2.45) is 0 Å². The number of carbonyl (C=O) groups excluding carboxylic acids is 1. The monoisotopic (exact) mass is 224 g/mol. The third-order valence-electron chi connectivity index (χ3n) is 2.69. The summed E-state index contributed by atoms with van der Waals surface area (Å²) in [6, 6.07) is 0.366. The van der Waals surface area contributed by atoms with Gasteiger partial charge in [-0.25, -0.2) is 0 Å². The Morgan fingerprint density at radius 1 is 1.50 bits per heavy atom. The van der Waals surface area contributed by atoms with Crippen LogP contribution in [0.5, 0.6) is 0 Å². The third kappa shape index (κ3) is 6.62. The molecule has 1 aliphatic rings. The first-order chi connectivity index (χ1) is 7.72. The molecule has 1 rings (SSSR count). The Morgan fingerprint density at radius 3 is 2.88 bits per heavy atom. The SMILES string of the molecule is CCCNC(C)CNC(=O)CCC=C1CC1. The predicted molar refractivity (Wildman–Crippen MR) is 67.3 cm³/mol. The minimum Gasteiger partial charge on any atom is -0.355 e. The van der Waals surface area contributed by atoms with E-state index in [1.807, 2.05) is 0 Å². The molecule has 0 aromatic rings. The Morgan fingerprint density at radius 2 is 2.25 bits per heavy atom. The average Bonchev–Trinajstić information content (AvgIpc) is 3.07. The molecular weight excluding hydrogens is 200 g/mol. The minimum absolute atomic E-state index is 0.169. The molecule has 0 aromatic heterocycles. The summed E-state index contributed by atoms with van der Waals surface area (Å²) in [5.74, 6) is 0.169. The summed E-state index contributed by atoms with van der Waals surface area (Å²) in [6.45, 7) is 5.99. The molecule has 1 atom stereocenters. The van der Waals surface area contributed by atoms with Crippen molar-refractivity contribution >= 4 is 5.91 Å². The van der Waals surface area contributed by atoms with Gasteiger partial charge in [0, 0.05) is 19.0 Å². The van der Waals surface area contributed by atoms with Crippen LogP contribution in [0.4, 0.5) is 0 Å². The molecule has 3 heteroatoms. The van der Waals surface area contributed by atoms with E-state index in [2.05, 4.69) is 30.6 Å². The molecule has 3 nitrogen and oxygen atoms in total. The van der Waals surface area contributed by atoms with Gasteiger partial charge in [-0.05, 0) is 39.2 Å². The van der Waals surface area contributed by atoms with Gasteiger partial charge < -0.3 is 10.6 Å². The van der Waals surface area contributed by atoms with Crippen LogP contribution in [0, 0.1) is 0 Å². The van der Waals surface area contributed by atoms with E-state index in [4.69, 9.17) is 0 Å². The van der Waals surface area contributed by atoms with Gasteiger partial charge in [-0.3, -0.25) is 4.79 Å². The molecule has 0 aromatic carbocycles. The zero-order valence-corrected chi connectivity index (χ0v) is 10.5. The molecule has 0 saturated heterocycles. The molecular formula is C13H24N2O. The normalized spacial score (nSPS) is 15.8. The van der Waals surface area contributed by atoms with E-state index >= 15 is 0 Å². The molecule has 0 radical (unpaired) electrons. The highest BCUT2D eigenvalue weighted by Gasteiger charge is 2.10. The van der Waals surface area contributed by atoms with Gasteiger partial charge in [0.1, 0.15) is 0 Å². The van der Waals surface area contributed by atoms with Gasteiger partial charge in [0.05, 0.1) is 0 Å². The highest BCUT2D eigenvalue weighted by Crippen LogP contribution is 2.27. The molecule has 16 heavy (non-hydrogen) atoms. The van der Waals surface area contributed by atoms with E-state index in [1.165, 1.54) is 18.4 Å². The first kappa shape index (κ1) is 13.2. The van der Waals surface area contributed by atoms with Gasteiger partial charge in [0.2, 0.25) is 5.91 Å². The van der Waals surface area contributed by atoms with E-state index in [9.17, 15) is 4.79 Å². The third-order valence-corrected chi connectivity index (χ3v) is 2.69. The Bertz CT molecular complexity index is 242. The van der Waals surface area contributed by atoms with Gasteiger partial charge in [-0.1, -0.05) is 18.6 Å². The lowest BCUT2D eigenvalue weighted by Crippen LogP contribution is -2.39. The Labute approximate surface area is 98.7 Å². The molecule has 1 unspecified atom stereocenters. The number of allylic oxidation sites excluding steroid dienone is 2. The first-order valence-electron chi connectivity index (χ1n) is 6.40. The molecule has 0 heterocycles. The van der Waals surface area contributed by atoms with Crippen LogP contribution in [0.3, 0.4) is 0 Å². The maximum Gasteiger partial charge on any atom is 0.220 e. The van der Waals surface area contributed by atoms with Gasteiger partial charge in [0.25, 0.3) is 0 Å². The van der Waals surface area contributed by atoms with Crippen molar-refractivity contribution in [3.8, 4) is 0 Å². The summed E-state index contributed by atoms with van der Waals surface area (Å²) in [7, 11) is 0. The largest absolute Gasteiger partial charge is 0.355 e. The minimum atomic E-state index is 0.169. The Balaban J connectivity index is 1.98. The maximum atomic E-state index is 11.5. The second-order valence-electron chi connectivity index (χ2n) is 4.56. The Hall–Kier alpha value is -0.830. The fraction of sp³-hybridized carbons (Fsp3) is 0.769. The van der Waals surface area contributed by atoms with Crippen LogP contribution < -0.4 is 10.6 Å². The van der Waals surface area contributed by atoms with Crippen LogP contribution in [0.2, 0.25) is 0 Å². The molecule has 0 aliphatic heterocycles. The zero-order valence-electron chi connectivity index (χ0n) is 10.5. The maximum absolute atomic E-state index is 11.5. The molecule has 0 bridgehead atoms. The highest BCUT2D eigenvalue weighted by molar-refractivity contribution is 5.76.